The highest BCUT2D eigenvalue weighted by molar-refractivity contribution is 5.92. The van der Waals surface area contributed by atoms with Gasteiger partial charge in [0.25, 0.3) is 0 Å². The Bertz CT molecular complexity index is 921. The van der Waals surface area contributed by atoms with Gasteiger partial charge in [0.2, 0.25) is 5.67 Å². The summed E-state index contributed by atoms with van der Waals surface area (Å²) < 4.78 is 83.8. The first-order chi connectivity index (χ1) is 13.2. The van der Waals surface area contributed by atoms with Gasteiger partial charge in [-0.2, -0.15) is 22.0 Å². The maximum Gasteiger partial charge on any atom is 0.457 e. The maximum absolute atomic E-state index is 15.8. The van der Waals surface area contributed by atoms with E-state index in [1.165, 1.54) is 0 Å². The molecule has 156 valence electrons. The van der Waals surface area contributed by atoms with Crippen molar-refractivity contribution in [3.8, 4) is 11.5 Å². The van der Waals surface area contributed by atoms with Gasteiger partial charge >= 0.3 is 24.0 Å². The number of hydrogen-bond donors (Lipinski definition) is 4. The van der Waals surface area contributed by atoms with E-state index in [-0.39, 0.29) is 12.1 Å². The molecule has 0 aromatic heterocycles. The molecule has 2 rings (SSSR count). The van der Waals surface area contributed by atoms with E-state index < -0.39 is 63.5 Å². The second-order valence-corrected chi connectivity index (χ2v) is 5.74. The highest BCUT2D eigenvalue weighted by Gasteiger charge is 2.74. The van der Waals surface area contributed by atoms with E-state index in [1.807, 2.05) is 0 Å². The maximum atomic E-state index is 15.8. The second kappa shape index (κ2) is 6.87. The molecule has 0 fully saturated rings. The number of phenols is 2. The standard InChI is InChI=1S/C17H10F6O6/c18-15(16(19,20)17(21,22)23,9-5-1-3-7(11(9)24)13(26)27)10-6-2-4-8(12(10)25)14(28)29/h1-6,24-25H,(H,26,27)(H,28,29). The third kappa shape index (κ3) is 3.19. The van der Waals surface area contributed by atoms with Crippen LogP contribution in [-0.2, 0) is 5.67 Å². The smallest absolute Gasteiger partial charge is 0.457 e. The van der Waals surface area contributed by atoms with Gasteiger partial charge in [-0.25, -0.2) is 14.0 Å². The molecule has 0 bridgehead atoms. The van der Waals surface area contributed by atoms with Crippen LogP contribution in [0.5, 0.6) is 11.5 Å². The first-order valence-corrected chi connectivity index (χ1v) is 7.42. The molecule has 0 unspecified atom stereocenters. The second-order valence-electron chi connectivity index (χ2n) is 5.74. The Labute approximate surface area is 157 Å². The van der Waals surface area contributed by atoms with Crippen LogP contribution in [0.25, 0.3) is 0 Å². The number of alkyl halides is 6. The van der Waals surface area contributed by atoms with Crippen LogP contribution in [0.4, 0.5) is 26.3 Å². The molecule has 4 N–H and O–H groups in total. The Morgan fingerprint density at radius 2 is 1.03 bits per heavy atom. The van der Waals surface area contributed by atoms with Gasteiger partial charge in [-0.15, -0.1) is 0 Å². The summed E-state index contributed by atoms with van der Waals surface area (Å²) in [7, 11) is 0. The Morgan fingerprint density at radius 3 is 1.31 bits per heavy atom. The molecule has 0 atom stereocenters. The molecular weight excluding hydrogens is 414 g/mol. The number of aromatic carboxylic acids is 2. The molecule has 0 saturated carbocycles. The van der Waals surface area contributed by atoms with Crippen molar-refractivity contribution >= 4 is 11.9 Å². The van der Waals surface area contributed by atoms with Crippen LogP contribution in [-0.4, -0.2) is 44.5 Å². The summed E-state index contributed by atoms with van der Waals surface area (Å²) in [6.45, 7) is 0. The summed E-state index contributed by atoms with van der Waals surface area (Å²) in [6, 6.07) is 2.93. The first kappa shape index (κ1) is 21.9. The van der Waals surface area contributed by atoms with Crippen LogP contribution in [0.1, 0.15) is 31.8 Å². The largest absolute Gasteiger partial charge is 0.507 e. The van der Waals surface area contributed by atoms with Crippen LogP contribution in [0, 0.1) is 0 Å². The number of carboxylic acids is 2. The zero-order chi connectivity index (χ0) is 22.4. The van der Waals surface area contributed by atoms with E-state index in [0.29, 0.717) is 24.3 Å². The lowest BCUT2D eigenvalue weighted by Gasteiger charge is -2.36. The number of carboxylic acid groups (broad SMARTS) is 2. The van der Waals surface area contributed by atoms with Crippen LogP contribution < -0.4 is 0 Å². The average Bonchev–Trinajstić information content (AvgIpc) is 2.59. The summed E-state index contributed by atoms with van der Waals surface area (Å²) in [5, 5.41) is 37.8. The first-order valence-electron chi connectivity index (χ1n) is 7.42. The molecule has 0 radical (unpaired) electrons. The molecule has 0 saturated heterocycles. The molecule has 0 aliphatic heterocycles. The lowest BCUT2D eigenvalue weighted by atomic mass is 9.79. The van der Waals surface area contributed by atoms with Crippen molar-refractivity contribution in [3.63, 3.8) is 0 Å². The molecule has 6 nitrogen and oxygen atoms in total. The molecule has 0 amide bonds. The average molecular weight is 424 g/mol. The zero-order valence-corrected chi connectivity index (χ0v) is 13.8. The lowest BCUT2D eigenvalue weighted by Crippen LogP contribution is -2.53. The number of carbonyl (C=O) groups is 2. The van der Waals surface area contributed by atoms with Crippen molar-refractivity contribution in [2.75, 3.05) is 0 Å². The summed E-state index contributed by atoms with van der Waals surface area (Å²) >= 11 is 0. The molecule has 29 heavy (non-hydrogen) atoms. The molecular formula is C17H10F6O6. The van der Waals surface area contributed by atoms with Gasteiger partial charge in [0.05, 0.1) is 0 Å². The fraction of sp³-hybridized carbons (Fsp3) is 0.176. The Hall–Kier alpha value is -3.44. The predicted octanol–water partition coefficient (Wildman–Crippen LogP) is 3.90. The summed E-state index contributed by atoms with van der Waals surface area (Å²) in [5.74, 6) is -13.8. The van der Waals surface area contributed by atoms with Crippen molar-refractivity contribution < 1.29 is 56.4 Å². The van der Waals surface area contributed by atoms with E-state index in [9.17, 15) is 41.8 Å². The Kier molecular flexibility index (Phi) is 5.17. The van der Waals surface area contributed by atoms with Crippen molar-refractivity contribution in [2.45, 2.75) is 17.8 Å². The number of hydrogen-bond acceptors (Lipinski definition) is 4. The van der Waals surface area contributed by atoms with E-state index in [2.05, 4.69) is 0 Å². The minimum Gasteiger partial charge on any atom is -0.507 e. The number of benzene rings is 2. The number of para-hydroxylation sites is 2. The molecule has 0 aliphatic carbocycles. The quantitative estimate of drug-likeness (QED) is 0.542. The molecule has 0 aliphatic rings. The minimum absolute atomic E-state index is 0.258. The van der Waals surface area contributed by atoms with Crippen LogP contribution in [0.3, 0.4) is 0 Å². The summed E-state index contributed by atoms with van der Waals surface area (Å²) in [6.07, 6.45) is -6.58. The van der Waals surface area contributed by atoms with Crippen LogP contribution in [0.15, 0.2) is 36.4 Å². The molecule has 2 aromatic carbocycles. The Balaban J connectivity index is 3.03. The van der Waals surface area contributed by atoms with Gasteiger partial charge in [0, 0.05) is 11.1 Å². The monoisotopic (exact) mass is 424 g/mol. The normalized spacial score (nSPS) is 12.6. The van der Waals surface area contributed by atoms with Crippen molar-refractivity contribution in [3.05, 3.63) is 58.7 Å². The topological polar surface area (TPSA) is 115 Å². The number of rotatable bonds is 5. The van der Waals surface area contributed by atoms with Gasteiger partial charge in [-0.3, -0.25) is 0 Å². The highest BCUT2D eigenvalue weighted by atomic mass is 19.4. The van der Waals surface area contributed by atoms with E-state index in [0.717, 1.165) is 0 Å². The highest BCUT2D eigenvalue weighted by Crippen LogP contribution is 2.58. The van der Waals surface area contributed by atoms with Gasteiger partial charge in [0.1, 0.15) is 22.6 Å². The molecule has 12 heteroatoms. The van der Waals surface area contributed by atoms with Gasteiger partial charge in [-0.1, -0.05) is 24.3 Å². The number of aromatic hydroxyl groups is 2. The fourth-order valence-electron chi connectivity index (χ4n) is 2.67. The third-order valence-corrected chi connectivity index (χ3v) is 4.06. The van der Waals surface area contributed by atoms with Crippen LogP contribution >= 0.6 is 0 Å². The number of halogens is 6. The van der Waals surface area contributed by atoms with Gasteiger partial charge in [0.15, 0.2) is 0 Å². The molecule has 2 aromatic rings. The van der Waals surface area contributed by atoms with Gasteiger partial charge < -0.3 is 20.4 Å². The van der Waals surface area contributed by atoms with E-state index in [4.69, 9.17) is 10.2 Å². The molecule has 0 heterocycles. The van der Waals surface area contributed by atoms with Crippen molar-refractivity contribution in [1.29, 1.82) is 0 Å². The van der Waals surface area contributed by atoms with E-state index in [1.54, 1.807) is 0 Å². The SMILES string of the molecule is O=C(O)c1cccc(C(F)(c2cccc(C(=O)O)c2O)C(F)(F)C(F)(F)F)c1O. The third-order valence-electron chi connectivity index (χ3n) is 4.06. The zero-order valence-electron chi connectivity index (χ0n) is 13.8. The fourth-order valence-corrected chi connectivity index (χ4v) is 2.67. The van der Waals surface area contributed by atoms with E-state index >= 15 is 4.39 Å². The molecule has 0 spiro atoms. The van der Waals surface area contributed by atoms with Crippen molar-refractivity contribution in [2.24, 2.45) is 0 Å². The Morgan fingerprint density at radius 1 is 0.690 bits per heavy atom. The minimum atomic E-state index is -6.58. The van der Waals surface area contributed by atoms with Crippen molar-refractivity contribution in [1.82, 2.24) is 0 Å². The lowest BCUT2D eigenvalue weighted by molar-refractivity contribution is -0.323. The summed E-state index contributed by atoms with van der Waals surface area (Å²) in [5.41, 5.74) is -11.2. The van der Waals surface area contributed by atoms with Crippen LogP contribution in [0.2, 0.25) is 0 Å². The van der Waals surface area contributed by atoms with Gasteiger partial charge in [-0.05, 0) is 12.1 Å². The summed E-state index contributed by atoms with van der Waals surface area (Å²) in [4.78, 5) is 22.2. The predicted molar refractivity (Wildman–Crippen MR) is 83.0 cm³/mol.